The lowest BCUT2D eigenvalue weighted by Crippen LogP contribution is -2.10. The molecule has 2 aromatic rings. The van der Waals surface area contributed by atoms with Gasteiger partial charge in [-0.05, 0) is 42.5 Å². The van der Waals surface area contributed by atoms with Gasteiger partial charge in [0.05, 0.1) is 0 Å². The van der Waals surface area contributed by atoms with E-state index in [1.54, 1.807) is 0 Å². The van der Waals surface area contributed by atoms with Crippen LogP contribution in [0.25, 0.3) is 11.1 Å². The predicted octanol–water partition coefficient (Wildman–Crippen LogP) is 4.18. The molecule has 0 saturated heterocycles. The van der Waals surface area contributed by atoms with Gasteiger partial charge in [-0.2, -0.15) is 0 Å². The number of rotatable bonds is 1. The minimum atomic E-state index is 0.297. The highest BCUT2D eigenvalue weighted by atomic mass is 16.1. The minimum Gasteiger partial charge on any atom is -0.294 e. The quantitative estimate of drug-likeness (QED) is 0.726. The van der Waals surface area contributed by atoms with E-state index in [9.17, 15) is 4.79 Å². The van der Waals surface area contributed by atoms with E-state index in [4.69, 9.17) is 0 Å². The number of fused-ring (bicyclic) bond motifs is 1. The fourth-order valence-electron chi connectivity index (χ4n) is 2.63. The molecule has 0 saturated carbocycles. The standard InChI is InChI=1S/C17H16O/c1-12-4-2-6-14(10-12)15-9-8-13-5-3-7-17(18)16(13)11-15/h2,4,6,8-11H,3,5,7H2,1H3. The lowest BCUT2D eigenvalue weighted by Gasteiger charge is -2.15. The Kier molecular flexibility index (Phi) is 2.75. The van der Waals surface area contributed by atoms with Crippen LogP contribution in [0.3, 0.4) is 0 Å². The van der Waals surface area contributed by atoms with Crippen molar-refractivity contribution in [3.63, 3.8) is 0 Å². The van der Waals surface area contributed by atoms with Crippen LogP contribution in [0.2, 0.25) is 0 Å². The van der Waals surface area contributed by atoms with Gasteiger partial charge < -0.3 is 0 Å². The topological polar surface area (TPSA) is 17.1 Å². The Balaban J connectivity index is 2.09. The molecule has 0 atom stereocenters. The maximum Gasteiger partial charge on any atom is 0.163 e. The Morgan fingerprint density at radius 3 is 2.61 bits per heavy atom. The Hall–Kier alpha value is -1.89. The molecule has 1 aliphatic carbocycles. The molecule has 0 heterocycles. The Bertz CT molecular complexity index is 611. The van der Waals surface area contributed by atoms with Crippen molar-refractivity contribution in [3.05, 3.63) is 59.2 Å². The molecule has 1 heteroatoms. The van der Waals surface area contributed by atoms with Gasteiger partial charge in [-0.3, -0.25) is 4.79 Å². The number of carbonyl (C=O) groups is 1. The molecule has 0 amide bonds. The van der Waals surface area contributed by atoms with Crippen molar-refractivity contribution in [2.45, 2.75) is 26.2 Å². The molecule has 1 nitrogen and oxygen atoms in total. The SMILES string of the molecule is Cc1cccc(-c2ccc3c(c2)C(=O)CCC3)c1. The number of ketones is 1. The normalized spacial score (nSPS) is 14.4. The minimum absolute atomic E-state index is 0.297. The highest BCUT2D eigenvalue weighted by Gasteiger charge is 2.17. The summed E-state index contributed by atoms with van der Waals surface area (Å²) in [5.41, 5.74) is 5.73. The highest BCUT2D eigenvalue weighted by molar-refractivity contribution is 5.99. The number of hydrogen-bond acceptors (Lipinski definition) is 1. The lowest BCUT2D eigenvalue weighted by atomic mass is 9.88. The smallest absolute Gasteiger partial charge is 0.163 e. The van der Waals surface area contributed by atoms with Crippen molar-refractivity contribution >= 4 is 5.78 Å². The first kappa shape index (κ1) is 11.2. The van der Waals surface area contributed by atoms with Crippen LogP contribution in [0.15, 0.2) is 42.5 Å². The van der Waals surface area contributed by atoms with Gasteiger partial charge >= 0.3 is 0 Å². The average molecular weight is 236 g/mol. The summed E-state index contributed by atoms with van der Waals surface area (Å²) in [6, 6.07) is 14.7. The molecule has 0 N–H and O–H groups in total. The number of aryl methyl sites for hydroxylation is 2. The van der Waals surface area contributed by atoms with Crippen molar-refractivity contribution in [2.75, 3.05) is 0 Å². The second-order valence-electron chi connectivity index (χ2n) is 5.02. The first-order valence-electron chi connectivity index (χ1n) is 6.47. The summed E-state index contributed by atoms with van der Waals surface area (Å²) in [6.07, 6.45) is 2.73. The summed E-state index contributed by atoms with van der Waals surface area (Å²) < 4.78 is 0. The van der Waals surface area contributed by atoms with Gasteiger partial charge in [0.2, 0.25) is 0 Å². The summed E-state index contributed by atoms with van der Waals surface area (Å²) in [5.74, 6) is 0.297. The fourth-order valence-corrected chi connectivity index (χ4v) is 2.63. The zero-order chi connectivity index (χ0) is 12.5. The molecule has 1 aliphatic rings. The average Bonchev–Trinajstić information content (AvgIpc) is 2.39. The van der Waals surface area contributed by atoms with Crippen LogP contribution < -0.4 is 0 Å². The van der Waals surface area contributed by atoms with Gasteiger partial charge in [0.25, 0.3) is 0 Å². The molecule has 3 rings (SSSR count). The van der Waals surface area contributed by atoms with Crippen LogP contribution in [0.1, 0.15) is 34.3 Å². The lowest BCUT2D eigenvalue weighted by molar-refractivity contribution is 0.0972. The molecule has 90 valence electrons. The van der Waals surface area contributed by atoms with Crippen molar-refractivity contribution in [3.8, 4) is 11.1 Å². The largest absolute Gasteiger partial charge is 0.294 e. The van der Waals surface area contributed by atoms with Crippen LogP contribution in [0.4, 0.5) is 0 Å². The van der Waals surface area contributed by atoms with Gasteiger partial charge in [-0.15, -0.1) is 0 Å². The van der Waals surface area contributed by atoms with E-state index in [1.165, 1.54) is 16.7 Å². The molecule has 0 bridgehead atoms. The van der Waals surface area contributed by atoms with E-state index in [-0.39, 0.29) is 0 Å². The van der Waals surface area contributed by atoms with Crippen LogP contribution in [-0.2, 0) is 6.42 Å². The van der Waals surface area contributed by atoms with Crippen molar-refractivity contribution in [1.29, 1.82) is 0 Å². The highest BCUT2D eigenvalue weighted by Crippen LogP contribution is 2.27. The predicted molar refractivity (Wildman–Crippen MR) is 73.9 cm³/mol. The second-order valence-corrected chi connectivity index (χ2v) is 5.02. The fraction of sp³-hybridized carbons (Fsp3) is 0.235. The molecule has 0 aromatic heterocycles. The molecule has 18 heavy (non-hydrogen) atoms. The van der Waals surface area contributed by atoms with E-state index in [0.29, 0.717) is 12.2 Å². The van der Waals surface area contributed by atoms with Gasteiger partial charge in [-0.1, -0.05) is 42.0 Å². The van der Waals surface area contributed by atoms with Gasteiger partial charge in [0.15, 0.2) is 5.78 Å². The van der Waals surface area contributed by atoms with E-state index in [0.717, 1.165) is 24.0 Å². The molecule has 0 unspecified atom stereocenters. The molecule has 2 aromatic carbocycles. The molecule has 0 aliphatic heterocycles. The van der Waals surface area contributed by atoms with Crippen LogP contribution in [-0.4, -0.2) is 5.78 Å². The maximum atomic E-state index is 11.9. The van der Waals surface area contributed by atoms with Crippen LogP contribution >= 0.6 is 0 Å². The summed E-state index contributed by atoms with van der Waals surface area (Å²) in [6.45, 7) is 2.09. The Morgan fingerprint density at radius 2 is 1.78 bits per heavy atom. The van der Waals surface area contributed by atoms with Crippen LogP contribution in [0.5, 0.6) is 0 Å². The first-order valence-corrected chi connectivity index (χ1v) is 6.47. The third-order valence-corrected chi connectivity index (χ3v) is 3.61. The maximum absolute atomic E-state index is 11.9. The number of hydrogen-bond donors (Lipinski definition) is 0. The van der Waals surface area contributed by atoms with Crippen LogP contribution in [0, 0.1) is 6.92 Å². The van der Waals surface area contributed by atoms with Crippen molar-refractivity contribution in [2.24, 2.45) is 0 Å². The zero-order valence-corrected chi connectivity index (χ0v) is 10.6. The number of Topliss-reactive ketones (excluding diaryl/α,β-unsaturated/α-hetero) is 1. The van der Waals surface area contributed by atoms with E-state index < -0.39 is 0 Å². The molecular weight excluding hydrogens is 220 g/mol. The summed E-state index contributed by atoms with van der Waals surface area (Å²) in [7, 11) is 0. The summed E-state index contributed by atoms with van der Waals surface area (Å²) in [4.78, 5) is 11.9. The second kappa shape index (κ2) is 4.41. The van der Waals surface area contributed by atoms with Gasteiger partial charge in [-0.25, -0.2) is 0 Å². The monoisotopic (exact) mass is 236 g/mol. The Labute approximate surface area is 107 Å². The summed E-state index contributed by atoms with van der Waals surface area (Å²) in [5, 5.41) is 0. The zero-order valence-electron chi connectivity index (χ0n) is 10.6. The Morgan fingerprint density at radius 1 is 0.944 bits per heavy atom. The van der Waals surface area contributed by atoms with E-state index in [2.05, 4.69) is 49.4 Å². The third-order valence-electron chi connectivity index (χ3n) is 3.61. The van der Waals surface area contributed by atoms with Crippen molar-refractivity contribution < 1.29 is 4.79 Å². The molecule has 0 radical (unpaired) electrons. The molecule has 0 fully saturated rings. The first-order chi connectivity index (χ1) is 8.74. The van der Waals surface area contributed by atoms with Crippen molar-refractivity contribution in [1.82, 2.24) is 0 Å². The number of carbonyl (C=O) groups excluding carboxylic acids is 1. The summed E-state index contributed by atoms with van der Waals surface area (Å²) >= 11 is 0. The third kappa shape index (κ3) is 1.97. The molecule has 0 spiro atoms. The van der Waals surface area contributed by atoms with Gasteiger partial charge in [0, 0.05) is 12.0 Å². The number of benzene rings is 2. The van der Waals surface area contributed by atoms with E-state index >= 15 is 0 Å². The van der Waals surface area contributed by atoms with Gasteiger partial charge in [0.1, 0.15) is 0 Å². The van der Waals surface area contributed by atoms with E-state index in [1.807, 2.05) is 0 Å². The molecular formula is C17H16O.